The normalized spacial score (nSPS) is 14.1. The van der Waals surface area contributed by atoms with Gasteiger partial charge in [-0.15, -0.1) is 10.3 Å². The molecule has 1 aromatic rings. The first-order valence-electron chi connectivity index (χ1n) is 6.36. The maximum atomic E-state index is 12.5. The second kappa shape index (κ2) is 6.98. The Morgan fingerprint density at radius 3 is 1.89 bits per heavy atom. The molecule has 107 valence electrons. The van der Waals surface area contributed by atoms with Crippen molar-refractivity contribution in [1.82, 2.24) is 5.06 Å². The fraction of sp³-hybridized carbons (Fsp3) is 0.571. The van der Waals surface area contributed by atoms with Crippen molar-refractivity contribution in [2.45, 2.75) is 25.4 Å². The molecule has 0 amide bonds. The van der Waals surface area contributed by atoms with Crippen LogP contribution in [0, 0.1) is 5.92 Å². The van der Waals surface area contributed by atoms with Gasteiger partial charge in [0.25, 0.3) is 0 Å². The van der Waals surface area contributed by atoms with Crippen LogP contribution in [0.1, 0.15) is 25.5 Å². The van der Waals surface area contributed by atoms with Crippen LogP contribution in [0.2, 0.25) is 0 Å². The Morgan fingerprint density at radius 1 is 1.05 bits per heavy atom. The minimum atomic E-state index is -1.56. The van der Waals surface area contributed by atoms with E-state index in [1.165, 1.54) is 0 Å². The summed E-state index contributed by atoms with van der Waals surface area (Å²) in [5.74, 6) is -0.0241. The third kappa shape index (κ3) is 3.32. The molecule has 0 bridgehead atoms. The summed E-state index contributed by atoms with van der Waals surface area (Å²) in [6.45, 7) is 1.98. The summed E-state index contributed by atoms with van der Waals surface area (Å²) in [7, 11) is 0. The van der Waals surface area contributed by atoms with Gasteiger partial charge in [-0.1, -0.05) is 44.2 Å². The number of aliphatic hydroxyl groups excluding tert-OH is 3. The largest absolute Gasteiger partial charge is 0.394 e. The summed E-state index contributed by atoms with van der Waals surface area (Å²) in [5.41, 5.74) is -0.766. The average Bonchev–Trinajstić information content (AvgIpc) is 2.42. The molecule has 3 N–H and O–H groups in total. The van der Waals surface area contributed by atoms with Crippen LogP contribution in [0.15, 0.2) is 30.3 Å². The lowest BCUT2D eigenvalue weighted by Crippen LogP contribution is -2.57. The fourth-order valence-electron chi connectivity index (χ4n) is 2.10. The monoisotopic (exact) mass is 268 g/mol. The average molecular weight is 268 g/mol. The van der Waals surface area contributed by atoms with Crippen LogP contribution < -0.4 is 0 Å². The molecule has 1 rings (SSSR count). The molecule has 0 saturated carbocycles. The zero-order valence-electron chi connectivity index (χ0n) is 11.4. The molecule has 5 heteroatoms. The molecule has 1 radical (unpaired) electrons. The Balaban J connectivity index is 3.13. The third-order valence-electron chi connectivity index (χ3n) is 3.38. The zero-order chi connectivity index (χ0) is 14.5. The Hall–Kier alpha value is -0.980. The Bertz CT molecular complexity index is 357. The molecule has 1 aromatic carbocycles. The summed E-state index contributed by atoms with van der Waals surface area (Å²) in [5, 5.41) is 41.3. The molecule has 0 aliphatic rings. The summed E-state index contributed by atoms with van der Waals surface area (Å²) in [4.78, 5) is 0. The van der Waals surface area contributed by atoms with Crippen LogP contribution in [0.5, 0.6) is 0 Å². The van der Waals surface area contributed by atoms with Crippen molar-refractivity contribution in [3.63, 3.8) is 0 Å². The lowest BCUT2D eigenvalue weighted by molar-refractivity contribution is -0.286. The first-order valence-corrected chi connectivity index (χ1v) is 6.36. The van der Waals surface area contributed by atoms with E-state index in [2.05, 4.69) is 0 Å². The second-order valence-electron chi connectivity index (χ2n) is 5.12. The zero-order valence-corrected chi connectivity index (χ0v) is 11.4. The first-order chi connectivity index (χ1) is 9.02. The number of nitrogens with zero attached hydrogens (tertiary/aromatic N) is 1. The van der Waals surface area contributed by atoms with Crippen LogP contribution in [0.4, 0.5) is 0 Å². The lowest BCUT2D eigenvalue weighted by atomic mass is 9.91. The molecule has 0 aliphatic carbocycles. The summed E-state index contributed by atoms with van der Waals surface area (Å²) >= 11 is 0. The van der Waals surface area contributed by atoms with Crippen molar-refractivity contribution in [3.8, 4) is 0 Å². The van der Waals surface area contributed by atoms with E-state index in [0.29, 0.717) is 5.06 Å². The van der Waals surface area contributed by atoms with Crippen LogP contribution >= 0.6 is 0 Å². The highest BCUT2D eigenvalue weighted by Crippen LogP contribution is 2.32. The molecule has 19 heavy (non-hydrogen) atoms. The molecule has 0 aromatic heterocycles. The molecule has 5 nitrogen and oxygen atoms in total. The van der Waals surface area contributed by atoms with Gasteiger partial charge < -0.3 is 15.3 Å². The molecular formula is C14H22NO4. The molecule has 0 fully saturated rings. The second-order valence-corrected chi connectivity index (χ2v) is 5.12. The molecule has 1 unspecified atom stereocenters. The van der Waals surface area contributed by atoms with Crippen molar-refractivity contribution < 1.29 is 20.5 Å². The quantitative estimate of drug-likeness (QED) is 0.637. The Kier molecular flexibility index (Phi) is 5.90. The molecule has 0 spiro atoms. The minimum Gasteiger partial charge on any atom is -0.394 e. The number of hydrogen-bond acceptors (Lipinski definition) is 4. The predicted octanol–water partition coefficient (Wildman–Crippen LogP) is 0.747. The first kappa shape index (κ1) is 16.1. The van der Waals surface area contributed by atoms with Gasteiger partial charge in [0, 0.05) is 0 Å². The number of hydroxylamine groups is 2. The highest BCUT2D eigenvalue weighted by molar-refractivity contribution is 5.20. The van der Waals surface area contributed by atoms with Crippen LogP contribution in [0.3, 0.4) is 0 Å². The van der Waals surface area contributed by atoms with Gasteiger partial charge in [0.1, 0.15) is 5.54 Å². The minimum absolute atomic E-state index is 0.0241. The Morgan fingerprint density at radius 2 is 1.53 bits per heavy atom. The van der Waals surface area contributed by atoms with E-state index < -0.39 is 31.4 Å². The molecular weight excluding hydrogens is 246 g/mol. The van der Waals surface area contributed by atoms with Crippen molar-refractivity contribution >= 4 is 0 Å². The van der Waals surface area contributed by atoms with E-state index in [1.807, 2.05) is 44.2 Å². The highest BCUT2D eigenvalue weighted by atomic mass is 16.5. The van der Waals surface area contributed by atoms with Gasteiger partial charge >= 0.3 is 0 Å². The Labute approximate surface area is 113 Å². The van der Waals surface area contributed by atoms with E-state index in [1.54, 1.807) is 0 Å². The maximum Gasteiger partial charge on any atom is 0.119 e. The number of rotatable bonds is 7. The third-order valence-corrected chi connectivity index (χ3v) is 3.38. The van der Waals surface area contributed by atoms with Gasteiger partial charge in [-0.2, -0.15) is 0 Å². The van der Waals surface area contributed by atoms with E-state index in [9.17, 15) is 20.5 Å². The van der Waals surface area contributed by atoms with Crippen LogP contribution in [-0.2, 0) is 5.21 Å². The van der Waals surface area contributed by atoms with E-state index in [0.717, 1.165) is 5.56 Å². The smallest absolute Gasteiger partial charge is 0.119 e. The van der Waals surface area contributed by atoms with Gasteiger partial charge in [0.15, 0.2) is 0 Å². The van der Waals surface area contributed by atoms with Crippen molar-refractivity contribution in [2.24, 2.45) is 5.92 Å². The van der Waals surface area contributed by atoms with Gasteiger partial charge in [0.05, 0.1) is 25.9 Å². The van der Waals surface area contributed by atoms with Crippen molar-refractivity contribution in [3.05, 3.63) is 35.9 Å². The summed E-state index contributed by atoms with van der Waals surface area (Å²) in [6, 6.07) is 8.63. The van der Waals surface area contributed by atoms with E-state index in [-0.39, 0.29) is 5.92 Å². The summed E-state index contributed by atoms with van der Waals surface area (Å²) in [6.07, 6.45) is 0. The van der Waals surface area contributed by atoms with E-state index >= 15 is 0 Å². The lowest BCUT2D eigenvalue weighted by Gasteiger charge is -2.40. The molecule has 0 aliphatic heterocycles. The standard InChI is InChI=1S/C14H22NO4/c1-11(2)13(12-6-4-3-5-7-12)15(19)14(8-16,9-17)10-18/h3-7,11,13,16-18H,8-10H2,1-2H3. The number of benzene rings is 1. The van der Waals surface area contributed by atoms with Crippen LogP contribution in [-0.4, -0.2) is 45.7 Å². The maximum absolute atomic E-state index is 12.5. The SMILES string of the molecule is CC(C)C(c1ccccc1)N([O])C(CO)(CO)CO. The van der Waals surface area contributed by atoms with Crippen LogP contribution in [0.25, 0.3) is 0 Å². The number of hydrogen-bond donors (Lipinski definition) is 3. The molecule has 1 atom stereocenters. The van der Waals surface area contributed by atoms with Gasteiger partial charge in [-0.05, 0) is 11.5 Å². The van der Waals surface area contributed by atoms with Crippen molar-refractivity contribution in [2.75, 3.05) is 19.8 Å². The van der Waals surface area contributed by atoms with Crippen molar-refractivity contribution in [1.29, 1.82) is 0 Å². The fourth-order valence-corrected chi connectivity index (χ4v) is 2.10. The molecule has 0 heterocycles. The van der Waals surface area contributed by atoms with Gasteiger partial charge in [-0.3, -0.25) is 0 Å². The molecule has 0 saturated heterocycles. The topological polar surface area (TPSA) is 83.8 Å². The predicted molar refractivity (Wildman–Crippen MR) is 70.5 cm³/mol. The van der Waals surface area contributed by atoms with Gasteiger partial charge in [0.2, 0.25) is 0 Å². The number of aliphatic hydroxyl groups is 3. The van der Waals surface area contributed by atoms with Gasteiger partial charge in [-0.25, -0.2) is 0 Å². The van der Waals surface area contributed by atoms with E-state index in [4.69, 9.17) is 0 Å². The highest BCUT2D eigenvalue weighted by Gasteiger charge is 2.42. The summed E-state index contributed by atoms with van der Waals surface area (Å²) < 4.78 is 0.